The molecule has 1 saturated heterocycles. The molecule has 5 rings (SSSR count). The minimum Gasteiger partial charge on any atom is -0.462 e. The lowest BCUT2D eigenvalue weighted by Crippen LogP contribution is -2.74. The molecule has 5 fully saturated rings. The number of fused-ring (bicyclic) bond motifs is 2. The van der Waals surface area contributed by atoms with E-state index in [0.717, 1.165) is 44.1 Å². The van der Waals surface area contributed by atoms with Crippen LogP contribution in [0.5, 0.6) is 0 Å². The molecule has 5 nitrogen and oxygen atoms in total. The van der Waals surface area contributed by atoms with Crippen LogP contribution in [0.15, 0.2) is 12.2 Å². The molecule has 32 heavy (non-hydrogen) atoms. The van der Waals surface area contributed by atoms with E-state index in [1.165, 1.54) is 0 Å². The first-order valence-corrected chi connectivity index (χ1v) is 12.7. The summed E-state index contributed by atoms with van der Waals surface area (Å²) in [4.78, 5) is 26.7. The monoisotopic (exact) mass is 444 g/mol. The van der Waals surface area contributed by atoms with E-state index >= 15 is 0 Å². The molecule has 0 N–H and O–H groups in total. The first-order valence-electron chi connectivity index (χ1n) is 12.7. The van der Waals surface area contributed by atoms with Crippen molar-refractivity contribution >= 4 is 11.8 Å². The Morgan fingerprint density at radius 1 is 1.09 bits per heavy atom. The van der Waals surface area contributed by atoms with Crippen LogP contribution in [0.3, 0.4) is 0 Å². The minimum absolute atomic E-state index is 0.0573. The van der Waals surface area contributed by atoms with Gasteiger partial charge in [0.25, 0.3) is 0 Å². The van der Waals surface area contributed by atoms with Crippen molar-refractivity contribution in [3.63, 3.8) is 0 Å². The van der Waals surface area contributed by atoms with Gasteiger partial charge in [0.1, 0.15) is 6.10 Å². The van der Waals surface area contributed by atoms with Crippen molar-refractivity contribution in [1.82, 2.24) is 0 Å². The fraction of sp³-hybridized carbons (Fsp3) is 0.852. The molecule has 1 spiro atoms. The Labute approximate surface area is 192 Å². The summed E-state index contributed by atoms with van der Waals surface area (Å²) in [6.07, 6.45) is 5.18. The summed E-state index contributed by atoms with van der Waals surface area (Å²) < 4.78 is 19.4. The highest BCUT2D eigenvalue weighted by Gasteiger charge is 2.78. The molecule has 0 aromatic rings. The fourth-order valence-corrected chi connectivity index (χ4v) is 8.85. The zero-order valence-corrected chi connectivity index (χ0v) is 20.7. The molecule has 0 aromatic heterocycles. The second-order valence-corrected chi connectivity index (χ2v) is 12.5. The van der Waals surface area contributed by atoms with Crippen molar-refractivity contribution in [3.05, 3.63) is 12.2 Å². The van der Waals surface area contributed by atoms with Gasteiger partial charge in [0, 0.05) is 17.8 Å². The van der Waals surface area contributed by atoms with Crippen LogP contribution in [0.4, 0.5) is 0 Å². The van der Waals surface area contributed by atoms with Gasteiger partial charge in [-0.05, 0) is 75.2 Å². The summed E-state index contributed by atoms with van der Waals surface area (Å²) in [6.45, 7) is 17.2. The van der Waals surface area contributed by atoms with Crippen LogP contribution in [0, 0.1) is 34.0 Å². The van der Waals surface area contributed by atoms with Crippen molar-refractivity contribution in [2.75, 3.05) is 0 Å². The normalized spacial score (nSPS) is 48.1. The van der Waals surface area contributed by atoms with E-state index in [0.29, 0.717) is 12.3 Å². The Bertz CT molecular complexity index is 858. The smallest absolute Gasteiger partial charge is 0.306 e. The lowest BCUT2D eigenvalue weighted by atomic mass is 9.39. The maximum Gasteiger partial charge on any atom is 0.306 e. The molecule has 178 valence electrons. The van der Waals surface area contributed by atoms with Gasteiger partial charge < -0.3 is 14.2 Å². The molecule has 1 heterocycles. The fourth-order valence-electron chi connectivity index (χ4n) is 8.85. The first-order chi connectivity index (χ1) is 14.9. The Balaban J connectivity index is 1.65. The third-order valence-electron chi connectivity index (χ3n) is 10.0. The summed E-state index contributed by atoms with van der Waals surface area (Å²) in [5.74, 6) is -0.247. The summed E-state index contributed by atoms with van der Waals surface area (Å²) >= 11 is 0. The maximum atomic E-state index is 14.0. The van der Waals surface area contributed by atoms with Crippen LogP contribution in [0.1, 0.15) is 86.5 Å². The molecular formula is C27H40O5. The van der Waals surface area contributed by atoms with Crippen molar-refractivity contribution in [1.29, 1.82) is 0 Å². The van der Waals surface area contributed by atoms with Crippen LogP contribution in [0.2, 0.25) is 0 Å². The largest absolute Gasteiger partial charge is 0.462 e. The number of ketones is 1. The molecule has 1 aliphatic heterocycles. The van der Waals surface area contributed by atoms with E-state index in [1.807, 2.05) is 20.8 Å². The summed E-state index contributed by atoms with van der Waals surface area (Å²) in [5, 5.41) is 0. The molecule has 0 unspecified atom stereocenters. The van der Waals surface area contributed by atoms with Crippen molar-refractivity contribution < 1.29 is 23.8 Å². The third-order valence-corrected chi connectivity index (χ3v) is 10.0. The van der Waals surface area contributed by atoms with Crippen molar-refractivity contribution in [2.24, 2.45) is 34.0 Å². The molecule has 8 atom stereocenters. The quantitative estimate of drug-likeness (QED) is 0.441. The number of rotatable bonds is 3. The maximum absolute atomic E-state index is 14.0. The lowest BCUT2D eigenvalue weighted by Gasteiger charge is -2.69. The SMILES string of the molecule is C=C1C(=O)[C@@]23[C@@H]4OC(C)(C)O[C@@H]2C[C@@H]2C(C)(C)CC[C@H](OC(=O)CCC)[C@@]2(C)[C@@H]3CC[C@@H]14. The van der Waals surface area contributed by atoms with Gasteiger partial charge in [-0.1, -0.05) is 34.3 Å². The van der Waals surface area contributed by atoms with Gasteiger partial charge in [-0.3, -0.25) is 9.59 Å². The van der Waals surface area contributed by atoms with Crippen LogP contribution in [0.25, 0.3) is 0 Å². The predicted molar refractivity (Wildman–Crippen MR) is 121 cm³/mol. The molecule has 4 aliphatic carbocycles. The topological polar surface area (TPSA) is 61.8 Å². The molecule has 4 saturated carbocycles. The van der Waals surface area contributed by atoms with Gasteiger partial charge >= 0.3 is 5.97 Å². The van der Waals surface area contributed by atoms with E-state index in [2.05, 4.69) is 27.4 Å². The number of esters is 1. The van der Waals surface area contributed by atoms with E-state index in [4.69, 9.17) is 14.2 Å². The van der Waals surface area contributed by atoms with Gasteiger partial charge in [-0.15, -0.1) is 0 Å². The van der Waals surface area contributed by atoms with E-state index in [-0.39, 0.29) is 52.7 Å². The highest BCUT2D eigenvalue weighted by atomic mass is 16.7. The third kappa shape index (κ3) is 2.70. The second-order valence-electron chi connectivity index (χ2n) is 12.5. The minimum atomic E-state index is -0.719. The molecule has 5 aliphatic rings. The molecule has 0 aromatic carbocycles. The number of carbonyl (C=O) groups is 2. The first kappa shape index (κ1) is 22.6. The van der Waals surface area contributed by atoms with Gasteiger partial charge in [0.15, 0.2) is 11.6 Å². The van der Waals surface area contributed by atoms with E-state index in [1.54, 1.807) is 0 Å². The average molecular weight is 445 g/mol. The van der Waals surface area contributed by atoms with Gasteiger partial charge in [-0.25, -0.2) is 0 Å². The summed E-state index contributed by atoms with van der Waals surface area (Å²) in [5.41, 5.74) is -0.190. The Hall–Kier alpha value is -1.20. The predicted octanol–water partition coefficient (Wildman–Crippen LogP) is 5.22. The van der Waals surface area contributed by atoms with Crippen molar-refractivity contribution in [2.45, 2.75) is 111 Å². The highest BCUT2D eigenvalue weighted by Crippen LogP contribution is 2.73. The number of carbonyl (C=O) groups excluding carboxylic acids is 2. The summed E-state index contributed by atoms with van der Waals surface area (Å²) in [7, 11) is 0. The zero-order chi connectivity index (χ0) is 23.3. The van der Waals surface area contributed by atoms with Crippen LogP contribution in [-0.4, -0.2) is 35.9 Å². The number of hydrogen-bond donors (Lipinski definition) is 0. The van der Waals surface area contributed by atoms with Gasteiger partial charge in [-0.2, -0.15) is 0 Å². The highest BCUT2D eigenvalue weighted by molar-refractivity contribution is 6.04. The molecule has 0 radical (unpaired) electrons. The number of hydrogen-bond acceptors (Lipinski definition) is 5. The lowest BCUT2D eigenvalue weighted by molar-refractivity contribution is -0.385. The van der Waals surface area contributed by atoms with Gasteiger partial charge in [0.2, 0.25) is 0 Å². The molecular weight excluding hydrogens is 404 g/mol. The van der Waals surface area contributed by atoms with Crippen LogP contribution < -0.4 is 0 Å². The van der Waals surface area contributed by atoms with Crippen LogP contribution >= 0.6 is 0 Å². The van der Waals surface area contributed by atoms with Gasteiger partial charge in [0.05, 0.1) is 17.6 Å². The second kappa shape index (κ2) is 6.91. The number of Topliss-reactive ketones (excluding diaryl/α,β-unsaturated/α-hetero) is 1. The zero-order valence-electron chi connectivity index (χ0n) is 20.7. The molecule has 5 heteroatoms. The Kier molecular flexibility index (Phi) is 4.88. The standard InChI is InChI=1S/C27H40O5/c1-8-9-21(28)30-19-12-13-24(3,4)18-14-20-27-17(26(18,19)7)11-10-16(15(2)22(27)29)23(27)32-25(5,6)31-20/h16-20,23H,2,8-14H2,1,3-7H3/t16-,17-,18+,19-,20+,23+,26-,27-/m0/s1. The molecule has 0 amide bonds. The number of ether oxygens (including phenoxy) is 3. The average Bonchev–Trinajstić information content (AvgIpc) is 2.81. The van der Waals surface area contributed by atoms with Crippen molar-refractivity contribution in [3.8, 4) is 0 Å². The molecule has 2 bridgehead atoms. The van der Waals surface area contributed by atoms with E-state index < -0.39 is 11.2 Å². The van der Waals surface area contributed by atoms with E-state index in [9.17, 15) is 9.59 Å². The Morgan fingerprint density at radius 2 is 1.81 bits per heavy atom. The summed E-state index contributed by atoms with van der Waals surface area (Å²) in [6, 6.07) is 0. The van der Waals surface area contributed by atoms with Crippen LogP contribution in [-0.2, 0) is 23.8 Å². The Morgan fingerprint density at radius 3 is 2.50 bits per heavy atom.